The van der Waals surface area contributed by atoms with E-state index < -0.39 is 0 Å². The number of benzene rings is 2. The fourth-order valence-corrected chi connectivity index (χ4v) is 4.91. The Morgan fingerprint density at radius 2 is 1.78 bits per heavy atom. The van der Waals surface area contributed by atoms with Crippen LogP contribution in [-0.4, -0.2) is 38.8 Å². The van der Waals surface area contributed by atoms with Crippen molar-refractivity contribution in [1.29, 1.82) is 0 Å². The Labute approximate surface area is 210 Å². The lowest BCUT2D eigenvalue weighted by atomic mass is 9.92. The van der Waals surface area contributed by atoms with Crippen LogP contribution in [0.3, 0.4) is 0 Å². The number of amides is 2. The number of rotatable bonds is 5. The third-order valence-corrected chi connectivity index (χ3v) is 6.67. The molecule has 5 N–H and O–H groups in total. The molecule has 0 saturated carbocycles. The quantitative estimate of drug-likeness (QED) is 0.306. The van der Waals surface area contributed by atoms with Crippen molar-refractivity contribution in [3.8, 4) is 0 Å². The summed E-state index contributed by atoms with van der Waals surface area (Å²) in [4.78, 5) is 24.2. The third-order valence-electron chi connectivity index (χ3n) is 6.67. The molecular formula is C27H32N8O. The molecule has 0 aliphatic carbocycles. The van der Waals surface area contributed by atoms with E-state index in [1.807, 2.05) is 23.1 Å². The lowest BCUT2D eigenvalue weighted by molar-refractivity contribution is 0.256. The summed E-state index contributed by atoms with van der Waals surface area (Å²) in [6, 6.07) is 14.1. The molecule has 4 aromatic rings. The zero-order valence-corrected chi connectivity index (χ0v) is 21.0. The standard InChI is InChI=1S/C27H32N8O/c1-15(2)19-9-7-10-20(16(3)4)23(19)31-27(36)35-14-18(12-17-8-5-6-11-22(17)35)30-24-21-13-29-34-25(21)33-26(28)32-24/h5-11,13,15-16,18H,12,14H2,1-4H3,(H,31,36)(H4,28,29,30,32,33,34). The molecule has 3 heterocycles. The topological polar surface area (TPSA) is 125 Å². The summed E-state index contributed by atoms with van der Waals surface area (Å²) in [5, 5.41) is 14.4. The number of aromatic nitrogens is 4. The molecule has 9 nitrogen and oxygen atoms in total. The van der Waals surface area contributed by atoms with E-state index in [9.17, 15) is 4.79 Å². The predicted molar refractivity (Wildman–Crippen MR) is 145 cm³/mol. The van der Waals surface area contributed by atoms with Crippen LogP contribution in [-0.2, 0) is 6.42 Å². The van der Waals surface area contributed by atoms with Gasteiger partial charge < -0.3 is 16.4 Å². The maximum absolute atomic E-state index is 13.8. The average Bonchev–Trinajstić information content (AvgIpc) is 3.32. The van der Waals surface area contributed by atoms with Gasteiger partial charge in [-0.1, -0.05) is 64.1 Å². The smallest absolute Gasteiger partial charge is 0.326 e. The lowest BCUT2D eigenvalue weighted by Crippen LogP contribution is -2.47. The van der Waals surface area contributed by atoms with Gasteiger partial charge in [0, 0.05) is 24.0 Å². The zero-order valence-electron chi connectivity index (χ0n) is 21.0. The second kappa shape index (κ2) is 9.49. The number of nitrogens with two attached hydrogens (primary N) is 1. The van der Waals surface area contributed by atoms with E-state index in [0.717, 1.165) is 39.9 Å². The van der Waals surface area contributed by atoms with E-state index in [-0.39, 0.29) is 29.9 Å². The second-order valence-electron chi connectivity index (χ2n) is 9.90. The summed E-state index contributed by atoms with van der Waals surface area (Å²) in [7, 11) is 0. The van der Waals surface area contributed by atoms with Gasteiger partial charge in [-0.2, -0.15) is 15.1 Å². The second-order valence-corrected chi connectivity index (χ2v) is 9.90. The highest BCUT2D eigenvalue weighted by Gasteiger charge is 2.30. The van der Waals surface area contributed by atoms with Gasteiger partial charge in [-0.05, 0) is 41.0 Å². The molecule has 1 unspecified atom stereocenters. The van der Waals surface area contributed by atoms with Crippen molar-refractivity contribution < 1.29 is 4.79 Å². The molecule has 1 atom stereocenters. The Balaban J connectivity index is 1.47. The van der Waals surface area contributed by atoms with Crippen LogP contribution in [0.4, 0.5) is 27.9 Å². The van der Waals surface area contributed by atoms with Crippen LogP contribution in [0, 0.1) is 0 Å². The number of carbonyl (C=O) groups excluding carboxylic acids is 1. The first-order valence-electron chi connectivity index (χ1n) is 12.3. The molecule has 0 saturated heterocycles. The Morgan fingerprint density at radius 1 is 1.06 bits per heavy atom. The number of nitrogens with zero attached hydrogens (tertiary/aromatic N) is 4. The third kappa shape index (κ3) is 4.44. The number of carbonyl (C=O) groups is 1. The fourth-order valence-electron chi connectivity index (χ4n) is 4.91. The van der Waals surface area contributed by atoms with Crippen molar-refractivity contribution in [3.63, 3.8) is 0 Å². The minimum Gasteiger partial charge on any atom is -0.368 e. The summed E-state index contributed by atoms with van der Waals surface area (Å²) < 4.78 is 0. The molecule has 0 bridgehead atoms. The number of hydrogen-bond donors (Lipinski definition) is 4. The van der Waals surface area contributed by atoms with Crippen LogP contribution < -0.4 is 21.3 Å². The van der Waals surface area contributed by atoms with Gasteiger partial charge >= 0.3 is 6.03 Å². The molecule has 5 rings (SSSR count). The van der Waals surface area contributed by atoms with Gasteiger partial charge in [-0.3, -0.25) is 10.00 Å². The number of anilines is 4. The van der Waals surface area contributed by atoms with Crippen molar-refractivity contribution in [1.82, 2.24) is 20.2 Å². The van der Waals surface area contributed by atoms with Crippen LogP contribution >= 0.6 is 0 Å². The van der Waals surface area contributed by atoms with Gasteiger partial charge in [0.2, 0.25) is 5.95 Å². The van der Waals surface area contributed by atoms with Crippen molar-refractivity contribution in [2.24, 2.45) is 0 Å². The molecule has 9 heteroatoms. The summed E-state index contributed by atoms with van der Waals surface area (Å²) in [6.07, 6.45) is 2.41. The highest BCUT2D eigenvalue weighted by molar-refractivity contribution is 6.03. The first-order chi connectivity index (χ1) is 17.3. The Hall–Kier alpha value is -4.14. The van der Waals surface area contributed by atoms with E-state index in [1.165, 1.54) is 0 Å². The Kier molecular flexibility index (Phi) is 6.22. The summed E-state index contributed by atoms with van der Waals surface area (Å²) in [6.45, 7) is 9.06. The van der Waals surface area contributed by atoms with Crippen LogP contribution in [0.25, 0.3) is 11.0 Å². The fraction of sp³-hybridized carbons (Fsp3) is 0.333. The van der Waals surface area contributed by atoms with Gasteiger partial charge in [0.05, 0.1) is 11.6 Å². The average molecular weight is 485 g/mol. The number of hydrogen-bond acceptors (Lipinski definition) is 6. The normalized spacial score (nSPS) is 15.4. The van der Waals surface area contributed by atoms with Crippen molar-refractivity contribution >= 4 is 40.2 Å². The van der Waals surface area contributed by atoms with Gasteiger partial charge in [0.15, 0.2) is 5.65 Å². The molecule has 1 aliphatic rings. The van der Waals surface area contributed by atoms with Gasteiger partial charge in [-0.15, -0.1) is 0 Å². The number of urea groups is 1. The number of H-pyrrole nitrogens is 1. The number of nitrogens with one attached hydrogen (secondary N) is 3. The predicted octanol–water partition coefficient (Wildman–Crippen LogP) is 5.26. The molecule has 2 aromatic heterocycles. The van der Waals surface area contributed by atoms with Gasteiger partial charge in [-0.25, -0.2) is 4.79 Å². The highest BCUT2D eigenvalue weighted by atomic mass is 16.2. The van der Waals surface area contributed by atoms with Crippen LogP contribution in [0.1, 0.15) is 56.2 Å². The maximum atomic E-state index is 13.8. The maximum Gasteiger partial charge on any atom is 0.326 e. The van der Waals surface area contributed by atoms with E-state index in [1.54, 1.807) is 6.20 Å². The molecule has 0 radical (unpaired) electrons. The monoisotopic (exact) mass is 484 g/mol. The van der Waals surface area contributed by atoms with E-state index >= 15 is 0 Å². The molecule has 36 heavy (non-hydrogen) atoms. The summed E-state index contributed by atoms with van der Waals surface area (Å²) >= 11 is 0. The number of aromatic amines is 1. The first-order valence-corrected chi connectivity index (χ1v) is 12.3. The number of para-hydroxylation sites is 2. The molecule has 1 aliphatic heterocycles. The molecule has 0 fully saturated rings. The molecule has 2 aromatic carbocycles. The molecule has 186 valence electrons. The van der Waals surface area contributed by atoms with Crippen LogP contribution in [0.2, 0.25) is 0 Å². The van der Waals surface area contributed by atoms with Gasteiger partial charge in [0.1, 0.15) is 5.82 Å². The minimum atomic E-state index is -0.153. The Bertz CT molecular complexity index is 1380. The van der Waals surface area contributed by atoms with E-state index in [0.29, 0.717) is 18.0 Å². The van der Waals surface area contributed by atoms with Crippen LogP contribution in [0.5, 0.6) is 0 Å². The zero-order chi connectivity index (χ0) is 25.4. The number of fused-ring (bicyclic) bond motifs is 2. The highest BCUT2D eigenvalue weighted by Crippen LogP contribution is 2.34. The minimum absolute atomic E-state index is 0.0806. The molecular weight excluding hydrogens is 452 g/mol. The van der Waals surface area contributed by atoms with Gasteiger partial charge in [0.25, 0.3) is 0 Å². The van der Waals surface area contributed by atoms with Crippen molar-refractivity contribution in [3.05, 3.63) is 65.4 Å². The summed E-state index contributed by atoms with van der Waals surface area (Å²) in [5.41, 5.74) is 11.7. The Morgan fingerprint density at radius 3 is 2.50 bits per heavy atom. The largest absolute Gasteiger partial charge is 0.368 e. The van der Waals surface area contributed by atoms with Crippen molar-refractivity contribution in [2.75, 3.05) is 27.8 Å². The van der Waals surface area contributed by atoms with E-state index in [4.69, 9.17) is 5.73 Å². The first kappa shape index (κ1) is 23.6. The summed E-state index contributed by atoms with van der Waals surface area (Å²) in [5.74, 6) is 1.32. The molecule has 2 amide bonds. The van der Waals surface area contributed by atoms with Crippen LogP contribution in [0.15, 0.2) is 48.7 Å². The van der Waals surface area contributed by atoms with E-state index in [2.05, 4.69) is 82.8 Å². The number of nitrogen functional groups attached to an aromatic ring is 1. The lowest BCUT2D eigenvalue weighted by Gasteiger charge is -2.35. The molecule has 0 spiro atoms. The SMILES string of the molecule is CC(C)c1cccc(C(C)C)c1NC(=O)N1CC(Nc2nc(N)nc3[nH]ncc23)Cc2ccccc21. The van der Waals surface area contributed by atoms with Crippen molar-refractivity contribution in [2.45, 2.75) is 52.0 Å².